The van der Waals surface area contributed by atoms with Crippen LogP contribution in [0.2, 0.25) is 0 Å². The lowest BCUT2D eigenvalue weighted by Crippen LogP contribution is -2.48. The number of allylic oxidation sites excluding steroid dienone is 1. The summed E-state index contributed by atoms with van der Waals surface area (Å²) in [5, 5.41) is 8.66. The SMILES string of the molecule is CNC(=O)N1N=C(c2ccc(N3CC(F)C3)cc2)c2cc(OC)c(OC)cc2C=C1C. The molecule has 2 aromatic carbocycles. The Morgan fingerprint density at radius 1 is 1.13 bits per heavy atom. The standard InChI is InChI=1S/C23H25FN4O3/c1-14-9-16-10-20(30-3)21(31-4)11-19(16)22(26-28(14)23(29)25-2)15-5-7-18(8-6-15)27-12-17(24)13-27/h5-11,17H,12-13H2,1-4H3,(H,25,29). The smallest absolute Gasteiger partial charge is 0.342 e. The van der Waals surface area contributed by atoms with E-state index in [9.17, 15) is 9.18 Å². The lowest BCUT2D eigenvalue weighted by molar-refractivity contribution is 0.215. The van der Waals surface area contributed by atoms with Crippen molar-refractivity contribution in [3.05, 3.63) is 58.8 Å². The van der Waals surface area contributed by atoms with Crippen LogP contribution in [0.15, 0.2) is 47.2 Å². The third-order valence-corrected chi connectivity index (χ3v) is 5.46. The van der Waals surface area contributed by atoms with Crippen LogP contribution in [0.4, 0.5) is 14.9 Å². The lowest BCUT2D eigenvalue weighted by atomic mass is 9.96. The van der Waals surface area contributed by atoms with E-state index >= 15 is 0 Å². The van der Waals surface area contributed by atoms with Crippen molar-refractivity contribution in [2.24, 2.45) is 5.10 Å². The number of carbonyl (C=O) groups is 1. The van der Waals surface area contributed by atoms with Crippen molar-refractivity contribution >= 4 is 23.5 Å². The monoisotopic (exact) mass is 424 g/mol. The highest BCUT2D eigenvalue weighted by atomic mass is 19.1. The highest BCUT2D eigenvalue weighted by Crippen LogP contribution is 2.35. The fourth-order valence-electron chi connectivity index (χ4n) is 3.73. The zero-order valence-electron chi connectivity index (χ0n) is 18.0. The summed E-state index contributed by atoms with van der Waals surface area (Å²) in [6.45, 7) is 2.64. The van der Waals surface area contributed by atoms with Crippen LogP contribution >= 0.6 is 0 Å². The van der Waals surface area contributed by atoms with E-state index in [1.807, 2.05) is 54.3 Å². The van der Waals surface area contributed by atoms with Gasteiger partial charge in [-0.1, -0.05) is 12.1 Å². The number of anilines is 1. The molecule has 162 valence electrons. The molecular weight excluding hydrogens is 399 g/mol. The normalized spacial score (nSPS) is 15.9. The van der Waals surface area contributed by atoms with Gasteiger partial charge in [-0.05, 0) is 42.8 Å². The summed E-state index contributed by atoms with van der Waals surface area (Å²) in [5.74, 6) is 1.16. The van der Waals surface area contributed by atoms with Crippen molar-refractivity contribution in [1.29, 1.82) is 0 Å². The number of benzene rings is 2. The van der Waals surface area contributed by atoms with Crippen LogP contribution in [-0.2, 0) is 0 Å². The minimum Gasteiger partial charge on any atom is -0.493 e. The first kappa shape index (κ1) is 20.7. The minimum absolute atomic E-state index is 0.343. The van der Waals surface area contributed by atoms with E-state index in [-0.39, 0.29) is 6.03 Å². The zero-order valence-corrected chi connectivity index (χ0v) is 18.0. The van der Waals surface area contributed by atoms with Crippen molar-refractivity contribution in [3.8, 4) is 11.5 Å². The van der Waals surface area contributed by atoms with Gasteiger partial charge in [0.05, 0.1) is 33.0 Å². The molecule has 8 heteroatoms. The fraction of sp³-hybridized carbons (Fsp3) is 0.304. The summed E-state index contributed by atoms with van der Waals surface area (Å²) >= 11 is 0. The molecule has 2 aliphatic heterocycles. The maximum Gasteiger partial charge on any atom is 0.342 e. The summed E-state index contributed by atoms with van der Waals surface area (Å²) in [6.07, 6.45) is 1.12. The third kappa shape index (κ3) is 3.81. The highest BCUT2D eigenvalue weighted by molar-refractivity contribution is 6.16. The maximum absolute atomic E-state index is 13.2. The average Bonchev–Trinajstić information content (AvgIpc) is 2.91. The molecule has 2 aromatic rings. The maximum atomic E-state index is 13.2. The van der Waals surface area contributed by atoms with Crippen LogP contribution in [0.5, 0.6) is 11.5 Å². The van der Waals surface area contributed by atoms with Gasteiger partial charge in [-0.15, -0.1) is 0 Å². The first-order chi connectivity index (χ1) is 14.9. The Labute approximate surface area is 180 Å². The zero-order chi connectivity index (χ0) is 22.1. The Kier molecular flexibility index (Phi) is 5.54. The quantitative estimate of drug-likeness (QED) is 0.814. The number of nitrogens with one attached hydrogen (secondary N) is 1. The number of ether oxygens (including phenoxy) is 2. The van der Waals surface area contributed by atoms with Crippen molar-refractivity contribution in [2.45, 2.75) is 13.1 Å². The number of carbonyl (C=O) groups excluding carboxylic acids is 1. The molecule has 2 aliphatic rings. The Morgan fingerprint density at radius 3 is 2.35 bits per heavy atom. The predicted molar refractivity (Wildman–Crippen MR) is 119 cm³/mol. The summed E-state index contributed by atoms with van der Waals surface area (Å²) in [7, 11) is 4.73. The number of hydrogen-bond acceptors (Lipinski definition) is 5. The number of urea groups is 1. The lowest BCUT2D eigenvalue weighted by Gasteiger charge is -2.36. The van der Waals surface area contributed by atoms with E-state index in [1.54, 1.807) is 21.3 Å². The van der Waals surface area contributed by atoms with Crippen molar-refractivity contribution < 1.29 is 18.7 Å². The van der Waals surface area contributed by atoms with Gasteiger partial charge in [0.15, 0.2) is 11.5 Å². The molecule has 2 heterocycles. The first-order valence-corrected chi connectivity index (χ1v) is 9.99. The number of amides is 2. The van der Waals surface area contributed by atoms with Gasteiger partial charge in [0, 0.05) is 29.6 Å². The Bertz CT molecular complexity index is 1060. The van der Waals surface area contributed by atoms with Gasteiger partial charge in [-0.2, -0.15) is 10.1 Å². The van der Waals surface area contributed by atoms with Crippen molar-refractivity contribution in [2.75, 3.05) is 39.3 Å². The molecule has 1 N–H and O–H groups in total. The van der Waals surface area contributed by atoms with Crippen LogP contribution in [0.3, 0.4) is 0 Å². The molecule has 0 aliphatic carbocycles. The summed E-state index contributed by atoms with van der Waals surface area (Å²) in [5.41, 5.74) is 4.72. The second-order valence-corrected chi connectivity index (χ2v) is 7.44. The van der Waals surface area contributed by atoms with E-state index in [2.05, 4.69) is 5.32 Å². The number of hydrogen-bond donors (Lipinski definition) is 1. The van der Waals surface area contributed by atoms with E-state index < -0.39 is 6.17 Å². The second kappa shape index (κ2) is 8.29. The molecule has 0 bridgehead atoms. The molecule has 0 radical (unpaired) electrons. The average molecular weight is 424 g/mol. The van der Waals surface area contributed by atoms with Crippen LogP contribution in [-0.4, -0.2) is 57.3 Å². The van der Waals surface area contributed by atoms with Crippen LogP contribution in [0.1, 0.15) is 23.6 Å². The van der Waals surface area contributed by atoms with E-state index in [1.165, 1.54) is 5.01 Å². The number of hydrazone groups is 1. The van der Waals surface area contributed by atoms with E-state index in [0.29, 0.717) is 36.0 Å². The molecular formula is C23H25FN4O3. The van der Waals surface area contributed by atoms with Crippen molar-refractivity contribution in [3.63, 3.8) is 0 Å². The summed E-state index contributed by atoms with van der Waals surface area (Å²) < 4.78 is 24.2. The van der Waals surface area contributed by atoms with Gasteiger partial charge in [0.1, 0.15) is 6.17 Å². The second-order valence-electron chi connectivity index (χ2n) is 7.44. The largest absolute Gasteiger partial charge is 0.493 e. The first-order valence-electron chi connectivity index (χ1n) is 9.99. The Morgan fingerprint density at radius 2 is 1.77 bits per heavy atom. The predicted octanol–water partition coefficient (Wildman–Crippen LogP) is 3.63. The molecule has 0 unspecified atom stereocenters. The van der Waals surface area contributed by atoms with Gasteiger partial charge >= 0.3 is 6.03 Å². The Hall–Kier alpha value is -3.55. The molecule has 7 nitrogen and oxygen atoms in total. The molecule has 31 heavy (non-hydrogen) atoms. The molecule has 0 atom stereocenters. The highest BCUT2D eigenvalue weighted by Gasteiger charge is 2.27. The number of alkyl halides is 1. The molecule has 1 fully saturated rings. The number of rotatable bonds is 4. The van der Waals surface area contributed by atoms with E-state index in [4.69, 9.17) is 14.6 Å². The molecule has 0 spiro atoms. The Balaban J connectivity index is 1.83. The van der Waals surface area contributed by atoms with Gasteiger partial charge in [-0.25, -0.2) is 9.18 Å². The minimum atomic E-state index is -0.768. The summed E-state index contributed by atoms with van der Waals surface area (Å²) in [6, 6.07) is 11.1. The molecule has 2 amide bonds. The molecule has 0 aromatic heterocycles. The van der Waals surface area contributed by atoms with E-state index in [0.717, 1.165) is 22.4 Å². The molecule has 4 rings (SSSR count). The topological polar surface area (TPSA) is 66.4 Å². The van der Waals surface area contributed by atoms with Crippen LogP contribution in [0, 0.1) is 0 Å². The number of nitrogens with zero attached hydrogens (tertiary/aromatic N) is 3. The molecule has 0 saturated carbocycles. The number of halogens is 1. The number of methoxy groups -OCH3 is 2. The van der Waals surface area contributed by atoms with Crippen molar-refractivity contribution in [1.82, 2.24) is 10.3 Å². The van der Waals surface area contributed by atoms with Gasteiger partial charge in [0.25, 0.3) is 0 Å². The number of fused-ring (bicyclic) bond motifs is 1. The van der Waals surface area contributed by atoms with Gasteiger partial charge < -0.3 is 19.7 Å². The van der Waals surface area contributed by atoms with Crippen LogP contribution in [0.25, 0.3) is 6.08 Å². The van der Waals surface area contributed by atoms with Gasteiger partial charge in [-0.3, -0.25) is 0 Å². The van der Waals surface area contributed by atoms with Gasteiger partial charge in [0.2, 0.25) is 0 Å². The summed E-state index contributed by atoms with van der Waals surface area (Å²) in [4.78, 5) is 14.5. The fourth-order valence-corrected chi connectivity index (χ4v) is 3.73. The third-order valence-electron chi connectivity index (χ3n) is 5.46. The molecule has 1 saturated heterocycles. The van der Waals surface area contributed by atoms with Crippen LogP contribution < -0.4 is 19.7 Å².